The van der Waals surface area contributed by atoms with E-state index in [0.29, 0.717) is 17.6 Å². The number of hydrogen-bond acceptors (Lipinski definition) is 4. The Hall–Kier alpha value is -3.72. The van der Waals surface area contributed by atoms with Crippen LogP contribution in [0.25, 0.3) is 10.9 Å². The van der Waals surface area contributed by atoms with Gasteiger partial charge in [-0.2, -0.15) is 5.26 Å². The fourth-order valence-electron chi connectivity index (χ4n) is 8.24. The summed E-state index contributed by atoms with van der Waals surface area (Å²) in [6, 6.07) is 27.9. The molecule has 2 aliphatic heterocycles. The summed E-state index contributed by atoms with van der Waals surface area (Å²) in [6.45, 7) is 7.84. The van der Waals surface area contributed by atoms with Crippen molar-refractivity contribution in [3.63, 3.8) is 0 Å². The number of ketones is 1. The van der Waals surface area contributed by atoms with Crippen LogP contribution in [-0.4, -0.2) is 52.9 Å². The molecule has 1 aromatic heterocycles. The Labute approximate surface area is 268 Å². The minimum Gasteiger partial charge on any atom is -0.347 e. The lowest BCUT2D eigenvalue weighted by Gasteiger charge is -2.33. The van der Waals surface area contributed by atoms with Crippen molar-refractivity contribution in [3.8, 4) is 6.07 Å². The number of aryl methyl sites for hydroxylation is 1. The molecule has 45 heavy (non-hydrogen) atoms. The quantitative estimate of drug-likeness (QED) is 0.175. The normalized spacial score (nSPS) is 20.1. The monoisotopic (exact) mass is 598 g/mol. The maximum atomic E-state index is 13.4. The summed E-state index contributed by atoms with van der Waals surface area (Å²) < 4.78 is 2.32. The highest BCUT2D eigenvalue weighted by Crippen LogP contribution is 2.37. The van der Waals surface area contributed by atoms with E-state index in [4.69, 9.17) is 5.26 Å². The van der Waals surface area contributed by atoms with Gasteiger partial charge in [-0.25, -0.2) is 0 Å². The summed E-state index contributed by atoms with van der Waals surface area (Å²) in [5, 5.41) is 10.3. The van der Waals surface area contributed by atoms with Gasteiger partial charge >= 0.3 is 0 Å². The molecule has 3 heterocycles. The first kappa shape index (κ1) is 30.0. The molecule has 0 N–H and O–H groups in total. The molecular weight excluding hydrogens is 552 g/mol. The van der Waals surface area contributed by atoms with Gasteiger partial charge in [-0.15, -0.1) is 0 Å². The van der Waals surface area contributed by atoms with E-state index in [1.807, 2.05) is 12.1 Å². The SMILES string of the molecule is N#Cc1ccc2c(ccn2CCCCN2CCC(c3ccc4c(c3)CC(CC3CCN(Cc5ccccc5)CC3)C4=O)CC2)c1. The first-order chi connectivity index (χ1) is 22.1. The molecule has 232 valence electrons. The van der Waals surface area contributed by atoms with Gasteiger partial charge in [0.05, 0.1) is 11.6 Å². The maximum absolute atomic E-state index is 13.4. The fraction of sp³-hybridized carbons (Fsp3) is 0.450. The molecule has 5 heteroatoms. The highest BCUT2D eigenvalue weighted by Gasteiger charge is 2.34. The number of unbranched alkanes of at least 4 members (excludes halogenated alkanes) is 1. The molecule has 2 fully saturated rings. The van der Waals surface area contributed by atoms with Crippen LogP contribution < -0.4 is 0 Å². The van der Waals surface area contributed by atoms with Crippen LogP contribution in [0.3, 0.4) is 0 Å². The second-order valence-electron chi connectivity index (χ2n) is 13.8. The van der Waals surface area contributed by atoms with E-state index in [2.05, 4.69) is 87.3 Å². The molecule has 0 amide bonds. The lowest BCUT2D eigenvalue weighted by Crippen LogP contribution is -2.34. The third-order valence-electron chi connectivity index (χ3n) is 10.9. The highest BCUT2D eigenvalue weighted by molar-refractivity contribution is 6.02. The van der Waals surface area contributed by atoms with Crippen LogP contribution in [0.2, 0.25) is 0 Å². The summed E-state index contributed by atoms with van der Waals surface area (Å²) >= 11 is 0. The van der Waals surface area contributed by atoms with Crippen molar-refractivity contribution >= 4 is 16.7 Å². The van der Waals surface area contributed by atoms with Crippen molar-refractivity contribution in [1.82, 2.24) is 14.4 Å². The summed E-state index contributed by atoms with van der Waals surface area (Å²) in [5.74, 6) is 1.86. The Balaban J connectivity index is 0.842. The van der Waals surface area contributed by atoms with Gasteiger partial charge < -0.3 is 9.47 Å². The van der Waals surface area contributed by atoms with Gasteiger partial charge in [0.15, 0.2) is 5.78 Å². The number of piperidine rings is 2. The summed E-state index contributed by atoms with van der Waals surface area (Å²) in [7, 11) is 0. The molecule has 0 bridgehead atoms. The number of benzene rings is 3. The molecule has 4 aromatic rings. The van der Waals surface area contributed by atoms with Gasteiger partial charge in [-0.05, 0) is 137 Å². The number of carbonyl (C=O) groups excluding carboxylic acids is 1. The third kappa shape index (κ3) is 6.93. The molecule has 1 aliphatic carbocycles. The predicted octanol–water partition coefficient (Wildman–Crippen LogP) is 7.83. The number of carbonyl (C=O) groups is 1. The number of nitriles is 1. The van der Waals surface area contributed by atoms with E-state index < -0.39 is 0 Å². The molecule has 3 aliphatic rings. The van der Waals surface area contributed by atoms with Crippen LogP contribution in [0.5, 0.6) is 0 Å². The molecule has 3 aromatic carbocycles. The highest BCUT2D eigenvalue weighted by atomic mass is 16.1. The summed E-state index contributed by atoms with van der Waals surface area (Å²) in [6.07, 6.45) is 11.4. The average molecular weight is 599 g/mol. The molecule has 1 unspecified atom stereocenters. The number of hydrogen-bond donors (Lipinski definition) is 0. The lowest BCUT2D eigenvalue weighted by molar-refractivity contribution is 0.0895. The molecule has 5 nitrogen and oxygen atoms in total. The van der Waals surface area contributed by atoms with Gasteiger partial charge in [-0.3, -0.25) is 9.69 Å². The second-order valence-corrected chi connectivity index (χ2v) is 13.8. The van der Waals surface area contributed by atoms with Crippen molar-refractivity contribution in [2.75, 3.05) is 32.7 Å². The summed E-state index contributed by atoms with van der Waals surface area (Å²) in [5.41, 5.74) is 7.11. The largest absolute Gasteiger partial charge is 0.347 e. The Morgan fingerprint density at radius 3 is 2.38 bits per heavy atom. The van der Waals surface area contributed by atoms with Crippen molar-refractivity contribution in [3.05, 3.63) is 107 Å². The minimum absolute atomic E-state index is 0.183. The van der Waals surface area contributed by atoms with Crippen molar-refractivity contribution in [2.45, 2.75) is 70.4 Å². The first-order valence-corrected chi connectivity index (χ1v) is 17.3. The van der Waals surface area contributed by atoms with Gasteiger partial charge in [-0.1, -0.05) is 48.5 Å². The molecule has 2 saturated heterocycles. The smallest absolute Gasteiger partial charge is 0.166 e. The average Bonchev–Trinajstić information content (AvgIpc) is 3.63. The standard InChI is InChI=1S/C40H46N4O/c41-28-32-8-11-39-35(25-32)16-23-44(39)18-5-4-17-42-21-14-33(15-22-42)34-9-10-38-36(26-34)27-37(40(38)45)24-30-12-19-43(20-13-30)29-31-6-2-1-3-7-31/h1-3,6-11,16,23,25-26,30,33,37H,4-5,12-15,17-22,24,27,29H2. The number of fused-ring (bicyclic) bond motifs is 2. The zero-order valence-electron chi connectivity index (χ0n) is 26.5. The Kier molecular flexibility index (Phi) is 9.14. The minimum atomic E-state index is 0.183. The van der Waals surface area contributed by atoms with Crippen molar-refractivity contribution in [1.29, 1.82) is 5.26 Å². The lowest BCUT2D eigenvalue weighted by atomic mass is 9.85. The molecule has 7 rings (SSSR count). The van der Waals surface area contributed by atoms with Gasteiger partial charge in [0.1, 0.15) is 0 Å². The van der Waals surface area contributed by atoms with Crippen LogP contribution in [0.4, 0.5) is 0 Å². The molecular formula is C40H46N4O. The number of nitrogens with zero attached hydrogens (tertiary/aromatic N) is 4. The second kappa shape index (κ2) is 13.7. The van der Waals surface area contributed by atoms with E-state index >= 15 is 0 Å². The van der Waals surface area contributed by atoms with Crippen LogP contribution in [0, 0.1) is 23.2 Å². The number of Topliss-reactive ketones (excluding diaryl/α,β-unsaturated/α-hetero) is 1. The zero-order valence-corrected chi connectivity index (χ0v) is 26.5. The molecule has 0 saturated carbocycles. The Morgan fingerprint density at radius 2 is 1.58 bits per heavy atom. The van der Waals surface area contributed by atoms with Gasteiger partial charge in [0.2, 0.25) is 0 Å². The first-order valence-electron chi connectivity index (χ1n) is 17.3. The van der Waals surface area contributed by atoms with Gasteiger partial charge in [0.25, 0.3) is 0 Å². The van der Waals surface area contributed by atoms with Crippen LogP contribution in [-0.2, 0) is 19.5 Å². The number of likely N-dealkylation sites (tertiary alicyclic amines) is 2. The third-order valence-corrected chi connectivity index (χ3v) is 10.9. The number of aromatic nitrogens is 1. The topological polar surface area (TPSA) is 52.3 Å². The maximum Gasteiger partial charge on any atom is 0.166 e. The van der Waals surface area contributed by atoms with E-state index in [1.54, 1.807) is 0 Å². The number of rotatable bonds is 10. The zero-order chi connectivity index (χ0) is 30.6. The Bertz CT molecular complexity index is 1650. The molecule has 0 spiro atoms. The van der Waals surface area contributed by atoms with Crippen molar-refractivity contribution < 1.29 is 4.79 Å². The Morgan fingerprint density at radius 1 is 0.800 bits per heavy atom. The van der Waals surface area contributed by atoms with E-state index in [1.165, 1.54) is 54.3 Å². The van der Waals surface area contributed by atoms with Gasteiger partial charge in [0, 0.05) is 41.7 Å². The van der Waals surface area contributed by atoms with Crippen LogP contribution >= 0.6 is 0 Å². The molecule has 1 atom stereocenters. The van der Waals surface area contributed by atoms with Crippen LogP contribution in [0.1, 0.15) is 83.5 Å². The molecule has 0 radical (unpaired) electrons. The fourth-order valence-corrected chi connectivity index (χ4v) is 8.24. The van der Waals surface area contributed by atoms with Crippen molar-refractivity contribution in [2.24, 2.45) is 11.8 Å². The summed E-state index contributed by atoms with van der Waals surface area (Å²) in [4.78, 5) is 18.6. The predicted molar refractivity (Wildman–Crippen MR) is 181 cm³/mol. The van der Waals surface area contributed by atoms with E-state index in [9.17, 15) is 4.79 Å². The van der Waals surface area contributed by atoms with E-state index in [-0.39, 0.29) is 5.92 Å². The van der Waals surface area contributed by atoms with Crippen LogP contribution in [0.15, 0.2) is 79.0 Å². The van der Waals surface area contributed by atoms with E-state index in [0.717, 1.165) is 81.6 Å².